The minimum absolute atomic E-state index is 0.0999. The summed E-state index contributed by atoms with van der Waals surface area (Å²) in [6, 6.07) is 7.90. The molecule has 1 saturated carbocycles. The van der Waals surface area contributed by atoms with Gasteiger partial charge in [0.15, 0.2) is 0 Å². The van der Waals surface area contributed by atoms with Crippen LogP contribution in [0.15, 0.2) is 24.3 Å². The summed E-state index contributed by atoms with van der Waals surface area (Å²) in [5.74, 6) is 0.0999. The van der Waals surface area contributed by atoms with E-state index < -0.39 is 11.7 Å². The summed E-state index contributed by atoms with van der Waals surface area (Å²) in [7, 11) is 0. The van der Waals surface area contributed by atoms with Gasteiger partial charge in [-0.05, 0) is 57.7 Å². The maximum Gasteiger partial charge on any atom is 0.407 e. The van der Waals surface area contributed by atoms with E-state index in [2.05, 4.69) is 17.1 Å². The molecule has 1 N–H and O–H groups in total. The third-order valence-electron chi connectivity index (χ3n) is 4.75. The molecule has 0 spiro atoms. The third kappa shape index (κ3) is 6.89. The molecule has 0 atom stereocenters. The van der Waals surface area contributed by atoms with Gasteiger partial charge in [0.05, 0.1) is 0 Å². The highest BCUT2D eigenvalue weighted by Gasteiger charge is 2.25. The zero-order valence-electron chi connectivity index (χ0n) is 17.2. The Morgan fingerprint density at radius 3 is 2.52 bits per heavy atom. The SMILES string of the molecule is CCCN(C(=O)c1cccc(CNC(=O)OC(C)(C)C)c1)C1CCCCC1. The first-order valence-electron chi connectivity index (χ1n) is 10.2. The molecule has 0 aliphatic heterocycles. The molecule has 2 rings (SSSR count). The lowest BCUT2D eigenvalue weighted by Gasteiger charge is -2.34. The number of carbonyl (C=O) groups is 2. The number of ether oxygens (including phenoxy) is 1. The molecule has 1 aliphatic carbocycles. The minimum atomic E-state index is -0.525. The third-order valence-corrected chi connectivity index (χ3v) is 4.75. The summed E-state index contributed by atoms with van der Waals surface area (Å²) in [4.78, 5) is 27.0. The topological polar surface area (TPSA) is 58.6 Å². The first kappa shape index (κ1) is 21.3. The van der Waals surface area contributed by atoms with E-state index in [0.29, 0.717) is 18.2 Å². The van der Waals surface area contributed by atoms with Gasteiger partial charge in [0.2, 0.25) is 0 Å². The predicted octanol–water partition coefficient (Wildman–Crippen LogP) is 4.90. The van der Waals surface area contributed by atoms with Crippen molar-refractivity contribution in [2.45, 2.75) is 84.4 Å². The van der Waals surface area contributed by atoms with Gasteiger partial charge in [-0.15, -0.1) is 0 Å². The molecule has 0 radical (unpaired) electrons. The van der Waals surface area contributed by atoms with E-state index in [0.717, 1.165) is 31.4 Å². The number of alkyl carbamates (subject to hydrolysis) is 1. The van der Waals surface area contributed by atoms with Crippen molar-refractivity contribution in [3.63, 3.8) is 0 Å². The monoisotopic (exact) mass is 374 g/mol. The molecule has 27 heavy (non-hydrogen) atoms. The van der Waals surface area contributed by atoms with Gasteiger partial charge >= 0.3 is 6.09 Å². The largest absolute Gasteiger partial charge is 0.444 e. The minimum Gasteiger partial charge on any atom is -0.444 e. The van der Waals surface area contributed by atoms with Crippen LogP contribution in [0.5, 0.6) is 0 Å². The Morgan fingerprint density at radius 2 is 1.89 bits per heavy atom. The van der Waals surface area contributed by atoms with E-state index in [1.165, 1.54) is 19.3 Å². The van der Waals surface area contributed by atoms with E-state index in [1.54, 1.807) is 0 Å². The standard InChI is InChI=1S/C22H34N2O3/c1-5-14-24(19-12-7-6-8-13-19)20(25)18-11-9-10-17(15-18)16-23-21(26)27-22(2,3)4/h9-11,15,19H,5-8,12-14,16H2,1-4H3,(H,23,26). The van der Waals surface area contributed by atoms with Crippen LogP contribution in [0.2, 0.25) is 0 Å². The fourth-order valence-electron chi connectivity index (χ4n) is 3.55. The van der Waals surface area contributed by atoms with Crippen molar-refractivity contribution in [1.29, 1.82) is 0 Å². The molecule has 2 amide bonds. The van der Waals surface area contributed by atoms with Crippen LogP contribution in [0.25, 0.3) is 0 Å². The zero-order chi connectivity index (χ0) is 19.9. The van der Waals surface area contributed by atoms with E-state index in [9.17, 15) is 9.59 Å². The number of nitrogens with one attached hydrogen (secondary N) is 1. The maximum atomic E-state index is 13.1. The van der Waals surface area contributed by atoms with Crippen LogP contribution in [0.3, 0.4) is 0 Å². The number of amides is 2. The highest BCUT2D eigenvalue weighted by molar-refractivity contribution is 5.94. The molecule has 0 bridgehead atoms. The molecular weight excluding hydrogens is 340 g/mol. The average Bonchev–Trinajstić information content (AvgIpc) is 2.63. The van der Waals surface area contributed by atoms with E-state index in [-0.39, 0.29) is 5.91 Å². The molecule has 1 aromatic rings. The van der Waals surface area contributed by atoms with Crippen molar-refractivity contribution in [2.24, 2.45) is 0 Å². The molecule has 150 valence electrons. The molecule has 1 aliphatic rings. The second-order valence-corrected chi connectivity index (χ2v) is 8.35. The van der Waals surface area contributed by atoms with Crippen LogP contribution in [0, 0.1) is 0 Å². The van der Waals surface area contributed by atoms with Gasteiger partial charge in [0, 0.05) is 24.7 Å². The normalized spacial score (nSPS) is 15.3. The molecule has 5 nitrogen and oxygen atoms in total. The molecular formula is C22H34N2O3. The lowest BCUT2D eigenvalue weighted by atomic mass is 9.93. The summed E-state index contributed by atoms with van der Waals surface area (Å²) in [5.41, 5.74) is 1.06. The summed E-state index contributed by atoms with van der Waals surface area (Å²) < 4.78 is 5.26. The van der Waals surface area contributed by atoms with Crippen LogP contribution in [0.1, 0.15) is 82.1 Å². The Labute approximate surface area is 163 Å². The van der Waals surface area contributed by atoms with Crippen LogP contribution < -0.4 is 5.32 Å². The van der Waals surface area contributed by atoms with Crippen molar-refractivity contribution in [2.75, 3.05) is 6.54 Å². The maximum absolute atomic E-state index is 13.1. The Bertz CT molecular complexity index is 631. The Morgan fingerprint density at radius 1 is 1.19 bits per heavy atom. The average molecular weight is 375 g/mol. The van der Waals surface area contributed by atoms with Gasteiger partial charge in [-0.1, -0.05) is 38.3 Å². The van der Waals surface area contributed by atoms with Gasteiger partial charge in [-0.3, -0.25) is 4.79 Å². The Hall–Kier alpha value is -2.04. The molecule has 0 unspecified atom stereocenters. The van der Waals surface area contributed by atoms with Gasteiger partial charge in [-0.2, -0.15) is 0 Å². The van der Waals surface area contributed by atoms with Crippen LogP contribution in [0.4, 0.5) is 4.79 Å². The first-order valence-corrected chi connectivity index (χ1v) is 10.2. The smallest absolute Gasteiger partial charge is 0.407 e. The molecule has 5 heteroatoms. The van der Waals surface area contributed by atoms with Gasteiger partial charge in [0.1, 0.15) is 5.60 Å². The van der Waals surface area contributed by atoms with Crippen molar-refractivity contribution in [3.8, 4) is 0 Å². The van der Waals surface area contributed by atoms with Crippen LogP contribution in [-0.4, -0.2) is 35.1 Å². The number of rotatable bonds is 6. The lowest BCUT2D eigenvalue weighted by Crippen LogP contribution is -2.42. The lowest BCUT2D eigenvalue weighted by molar-refractivity contribution is 0.0523. The summed E-state index contributed by atoms with van der Waals surface area (Å²) in [5, 5.41) is 2.75. The van der Waals surface area contributed by atoms with E-state index >= 15 is 0 Å². The van der Waals surface area contributed by atoms with Crippen molar-refractivity contribution in [3.05, 3.63) is 35.4 Å². The zero-order valence-corrected chi connectivity index (χ0v) is 17.2. The number of hydrogen-bond acceptors (Lipinski definition) is 3. The number of hydrogen-bond donors (Lipinski definition) is 1. The summed E-state index contributed by atoms with van der Waals surface area (Å²) in [6.07, 6.45) is 6.40. The fraction of sp³-hybridized carbons (Fsp3) is 0.636. The van der Waals surface area contributed by atoms with Gasteiger partial charge in [0.25, 0.3) is 5.91 Å². The quantitative estimate of drug-likeness (QED) is 0.771. The predicted molar refractivity (Wildman–Crippen MR) is 108 cm³/mol. The molecule has 0 saturated heterocycles. The highest BCUT2D eigenvalue weighted by Crippen LogP contribution is 2.24. The first-order chi connectivity index (χ1) is 12.8. The fourth-order valence-corrected chi connectivity index (χ4v) is 3.55. The van der Waals surface area contributed by atoms with Crippen LogP contribution in [-0.2, 0) is 11.3 Å². The number of nitrogens with zero attached hydrogens (tertiary/aromatic N) is 1. The van der Waals surface area contributed by atoms with Crippen molar-refractivity contribution in [1.82, 2.24) is 10.2 Å². The molecule has 0 aromatic heterocycles. The van der Waals surface area contributed by atoms with Crippen LogP contribution >= 0.6 is 0 Å². The number of carbonyl (C=O) groups excluding carboxylic acids is 2. The Balaban J connectivity index is 2.03. The van der Waals surface area contributed by atoms with E-state index in [1.807, 2.05) is 45.0 Å². The highest BCUT2D eigenvalue weighted by atomic mass is 16.6. The Kier molecular flexibility index (Phi) is 7.69. The van der Waals surface area contributed by atoms with Crippen molar-refractivity contribution >= 4 is 12.0 Å². The molecule has 1 aromatic carbocycles. The second kappa shape index (κ2) is 9.77. The number of benzene rings is 1. The van der Waals surface area contributed by atoms with Gasteiger partial charge in [-0.25, -0.2) is 4.79 Å². The summed E-state index contributed by atoms with van der Waals surface area (Å²) in [6.45, 7) is 8.75. The van der Waals surface area contributed by atoms with Crippen molar-refractivity contribution < 1.29 is 14.3 Å². The molecule has 1 fully saturated rings. The molecule has 0 heterocycles. The van der Waals surface area contributed by atoms with E-state index in [4.69, 9.17) is 4.74 Å². The van der Waals surface area contributed by atoms with Gasteiger partial charge < -0.3 is 15.0 Å². The summed E-state index contributed by atoms with van der Waals surface area (Å²) >= 11 is 0. The second-order valence-electron chi connectivity index (χ2n) is 8.35.